The fourth-order valence-corrected chi connectivity index (χ4v) is 1.12. The maximum atomic E-state index is 13.1. The van der Waals surface area contributed by atoms with E-state index in [0.717, 1.165) is 12.1 Å². The standard InChI is InChI=1S/C10H7F2NO2/c11-8-2-1-3-9(12)7(8)4-6(5-13)10(14)15/h1-3,6H,4H2,(H,14,15)/t6-/m0/s1. The van der Waals surface area contributed by atoms with E-state index in [0.29, 0.717) is 0 Å². The van der Waals surface area contributed by atoms with E-state index in [4.69, 9.17) is 10.4 Å². The van der Waals surface area contributed by atoms with E-state index in [-0.39, 0.29) is 5.56 Å². The Bertz CT molecular complexity index is 406. The summed E-state index contributed by atoms with van der Waals surface area (Å²) in [5, 5.41) is 17.0. The molecule has 0 saturated carbocycles. The molecule has 0 aromatic heterocycles. The molecular formula is C10H7F2NO2. The largest absolute Gasteiger partial charge is 0.480 e. The van der Waals surface area contributed by atoms with Gasteiger partial charge in [-0.3, -0.25) is 4.79 Å². The third-order valence-corrected chi connectivity index (χ3v) is 1.92. The molecule has 3 nitrogen and oxygen atoms in total. The van der Waals surface area contributed by atoms with Gasteiger partial charge in [-0.05, 0) is 12.1 Å². The van der Waals surface area contributed by atoms with Crippen LogP contribution in [0.5, 0.6) is 0 Å². The molecule has 0 saturated heterocycles. The summed E-state index contributed by atoms with van der Waals surface area (Å²) in [6, 6.07) is 4.69. The number of rotatable bonds is 3. The predicted octanol–water partition coefficient (Wildman–Crippen LogP) is 1.73. The van der Waals surface area contributed by atoms with Crippen molar-refractivity contribution in [2.24, 2.45) is 5.92 Å². The van der Waals surface area contributed by atoms with Crippen LogP contribution in [0, 0.1) is 28.9 Å². The van der Waals surface area contributed by atoms with Gasteiger partial charge in [0.15, 0.2) is 0 Å². The molecule has 1 N–H and O–H groups in total. The Hall–Kier alpha value is -1.96. The Labute approximate surface area is 84.6 Å². The van der Waals surface area contributed by atoms with Crippen LogP contribution < -0.4 is 0 Å². The van der Waals surface area contributed by atoms with Crippen molar-refractivity contribution in [1.82, 2.24) is 0 Å². The van der Waals surface area contributed by atoms with E-state index >= 15 is 0 Å². The number of hydrogen-bond acceptors (Lipinski definition) is 2. The van der Waals surface area contributed by atoms with Crippen LogP contribution in [0.2, 0.25) is 0 Å². The van der Waals surface area contributed by atoms with Crippen LogP contribution in [0.15, 0.2) is 18.2 Å². The molecule has 5 heteroatoms. The first-order chi connectivity index (χ1) is 7.06. The van der Waals surface area contributed by atoms with Gasteiger partial charge in [-0.1, -0.05) is 6.07 Å². The maximum Gasteiger partial charge on any atom is 0.321 e. The molecule has 0 aliphatic heterocycles. The van der Waals surface area contributed by atoms with E-state index in [1.807, 2.05) is 0 Å². The monoisotopic (exact) mass is 211 g/mol. The Balaban J connectivity index is 2.99. The van der Waals surface area contributed by atoms with Gasteiger partial charge < -0.3 is 5.11 Å². The highest BCUT2D eigenvalue weighted by atomic mass is 19.1. The van der Waals surface area contributed by atoms with Gasteiger partial charge in [-0.2, -0.15) is 5.26 Å². The summed E-state index contributed by atoms with van der Waals surface area (Å²) in [5.41, 5.74) is -0.369. The van der Waals surface area contributed by atoms with Gasteiger partial charge >= 0.3 is 5.97 Å². The lowest BCUT2D eigenvalue weighted by molar-refractivity contribution is -0.139. The van der Waals surface area contributed by atoms with Gasteiger partial charge in [0.25, 0.3) is 0 Å². The summed E-state index contributed by atoms with van der Waals surface area (Å²) in [6.45, 7) is 0. The molecule has 0 heterocycles. The lowest BCUT2D eigenvalue weighted by Crippen LogP contribution is -2.15. The zero-order chi connectivity index (χ0) is 11.4. The molecule has 0 aliphatic rings. The molecule has 78 valence electrons. The Morgan fingerprint density at radius 1 is 1.47 bits per heavy atom. The highest BCUT2D eigenvalue weighted by Gasteiger charge is 2.21. The second-order valence-corrected chi connectivity index (χ2v) is 2.92. The average Bonchev–Trinajstić information content (AvgIpc) is 2.17. The van der Waals surface area contributed by atoms with E-state index in [9.17, 15) is 13.6 Å². The molecule has 1 atom stereocenters. The summed E-state index contributed by atoms with van der Waals surface area (Å²) in [7, 11) is 0. The Kier molecular flexibility index (Phi) is 3.34. The Morgan fingerprint density at radius 3 is 2.40 bits per heavy atom. The van der Waals surface area contributed by atoms with E-state index < -0.39 is 29.9 Å². The third-order valence-electron chi connectivity index (χ3n) is 1.92. The average molecular weight is 211 g/mol. The van der Waals surface area contributed by atoms with Crippen LogP contribution >= 0.6 is 0 Å². The van der Waals surface area contributed by atoms with E-state index in [1.54, 1.807) is 0 Å². The molecule has 0 aliphatic carbocycles. The van der Waals surface area contributed by atoms with Crippen LogP contribution in [-0.2, 0) is 11.2 Å². The van der Waals surface area contributed by atoms with E-state index in [1.165, 1.54) is 12.1 Å². The van der Waals surface area contributed by atoms with Crippen molar-refractivity contribution in [2.45, 2.75) is 6.42 Å². The fraction of sp³-hybridized carbons (Fsp3) is 0.200. The van der Waals surface area contributed by atoms with Crippen LogP contribution in [0.3, 0.4) is 0 Å². The molecule has 0 fully saturated rings. The summed E-state index contributed by atoms with van der Waals surface area (Å²) >= 11 is 0. The van der Waals surface area contributed by atoms with Gasteiger partial charge in [0.2, 0.25) is 0 Å². The second-order valence-electron chi connectivity index (χ2n) is 2.92. The minimum absolute atomic E-state index is 0.369. The molecule has 0 radical (unpaired) electrons. The summed E-state index contributed by atoms with van der Waals surface area (Å²) < 4.78 is 26.1. The van der Waals surface area contributed by atoms with Gasteiger partial charge in [0.1, 0.15) is 17.6 Å². The van der Waals surface area contributed by atoms with Crippen LogP contribution in [0.1, 0.15) is 5.56 Å². The molecule has 0 unspecified atom stereocenters. The first kappa shape index (κ1) is 11.1. The lowest BCUT2D eigenvalue weighted by atomic mass is 10.00. The van der Waals surface area contributed by atoms with Crippen molar-refractivity contribution in [3.8, 4) is 6.07 Å². The topological polar surface area (TPSA) is 61.1 Å². The Morgan fingerprint density at radius 2 is 2.00 bits per heavy atom. The number of benzene rings is 1. The summed E-state index contributed by atoms with van der Waals surface area (Å²) in [6.07, 6.45) is -0.468. The molecule has 0 bridgehead atoms. The highest BCUT2D eigenvalue weighted by Crippen LogP contribution is 2.16. The zero-order valence-corrected chi connectivity index (χ0v) is 7.58. The van der Waals surface area contributed by atoms with Crippen molar-refractivity contribution in [2.75, 3.05) is 0 Å². The van der Waals surface area contributed by atoms with Crippen molar-refractivity contribution < 1.29 is 18.7 Å². The van der Waals surface area contributed by atoms with E-state index in [2.05, 4.69) is 0 Å². The normalized spacial score (nSPS) is 11.8. The third kappa shape index (κ3) is 2.50. The molecule has 1 aromatic carbocycles. The molecule has 15 heavy (non-hydrogen) atoms. The number of carbonyl (C=O) groups is 1. The fourth-order valence-electron chi connectivity index (χ4n) is 1.12. The number of carboxylic acid groups (broad SMARTS) is 1. The minimum Gasteiger partial charge on any atom is -0.480 e. The first-order valence-electron chi connectivity index (χ1n) is 4.11. The number of nitrogens with zero attached hydrogens (tertiary/aromatic N) is 1. The van der Waals surface area contributed by atoms with Gasteiger partial charge in [0.05, 0.1) is 6.07 Å². The van der Waals surface area contributed by atoms with Crippen molar-refractivity contribution >= 4 is 5.97 Å². The summed E-state index contributed by atoms with van der Waals surface area (Å²) in [4.78, 5) is 10.5. The lowest BCUT2D eigenvalue weighted by Gasteiger charge is -2.06. The van der Waals surface area contributed by atoms with Crippen molar-refractivity contribution in [1.29, 1.82) is 5.26 Å². The predicted molar refractivity (Wildman–Crippen MR) is 46.8 cm³/mol. The van der Waals surface area contributed by atoms with Gasteiger partial charge in [0, 0.05) is 12.0 Å². The number of carboxylic acids is 1. The number of halogens is 2. The van der Waals surface area contributed by atoms with Crippen LogP contribution in [0.25, 0.3) is 0 Å². The molecule has 0 spiro atoms. The second kappa shape index (κ2) is 4.51. The maximum absolute atomic E-state index is 13.1. The SMILES string of the molecule is N#C[C@H](Cc1c(F)cccc1F)C(=O)O. The highest BCUT2D eigenvalue weighted by molar-refractivity contribution is 5.73. The van der Waals surface area contributed by atoms with Gasteiger partial charge in [-0.25, -0.2) is 8.78 Å². The quantitative estimate of drug-likeness (QED) is 0.828. The number of nitriles is 1. The molecule has 1 rings (SSSR count). The first-order valence-corrected chi connectivity index (χ1v) is 4.11. The van der Waals surface area contributed by atoms with Crippen LogP contribution in [0.4, 0.5) is 8.78 Å². The van der Waals surface area contributed by atoms with Crippen molar-refractivity contribution in [3.63, 3.8) is 0 Å². The number of hydrogen-bond donors (Lipinski definition) is 1. The zero-order valence-electron chi connectivity index (χ0n) is 7.58. The minimum atomic E-state index is -1.43. The smallest absolute Gasteiger partial charge is 0.321 e. The molecule has 0 amide bonds. The van der Waals surface area contributed by atoms with Gasteiger partial charge in [-0.15, -0.1) is 0 Å². The molecule has 1 aromatic rings. The van der Waals surface area contributed by atoms with Crippen molar-refractivity contribution in [3.05, 3.63) is 35.4 Å². The molecular weight excluding hydrogens is 204 g/mol. The van der Waals surface area contributed by atoms with Crippen LogP contribution in [-0.4, -0.2) is 11.1 Å². The summed E-state index contributed by atoms with van der Waals surface area (Å²) in [5.74, 6) is -4.50. The number of aliphatic carboxylic acids is 1.